The number of thioether (sulfide) groups is 1. The summed E-state index contributed by atoms with van der Waals surface area (Å²) in [6.45, 7) is 0. The number of anilines is 2. The number of benzene rings is 3. The first-order chi connectivity index (χ1) is 21.8. The molecule has 0 radical (unpaired) electrons. The van der Waals surface area contributed by atoms with Crippen molar-refractivity contribution in [2.24, 2.45) is 10.2 Å². The molecule has 0 aliphatic rings. The first-order valence-corrected chi connectivity index (χ1v) is 16.8. The van der Waals surface area contributed by atoms with Crippen LogP contribution in [0.5, 0.6) is 5.75 Å². The predicted octanol–water partition coefficient (Wildman–Crippen LogP) is 4.72. The van der Waals surface area contributed by atoms with Crippen LogP contribution in [-0.2, 0) is 39.1 Å². The Morgan fingerprint density at radius 2 is 1.77 bits per heavy atom. The van der Waals surface area contributed by atoms with Gasteiger partial charge in [0.05, 0.1) is 29.0 Å². The highest BCUT2D eigenvalue weighted by molar-refractivity contribution is 8.04. The van der Waals surface area contributed by atoms with Crippen LogP contribution in [-0.4, -0.2) is 61.3 Å². The van der Waals surface area contributed by atoms with Crippen LogP contribution in [0.15, 0.2) is 72.5 Å². The summed E-state index contributed by atoms with van der Waals surface area (Å²) in [4.78, 5) is 15.0. The lowest BCUT2D eigenvalue weighted by molar-refractivity contribution is -0.432. The molecule has 0 atom stereocenters. The molecule has 0 fully saturated rings. The number of nitrogens with zero attached hydrogens (tertiary/aromatic N) is 5. The second kappa shape index (κ2) is 16.5. The third-order valence-corrected chi connectivity index (χ3v) is 7.90. The zero-order valence-electron chi connectivity index (χ0n) is 22.2. The molecule has 26 heteroatoms. The molecule has 8 N–H and O–H groups in total. The number of hydrogen-bond acceptors (Lipinski definition) is 20. The molecule has 0 amide bonds. The van der Waals surface area contributed by atoms with Gasteiger partial charge in [0, 0.05) is 21.2 Å². The van der Waals surface area contributed by atoms with E-state index in [4.69, 9.17) is 21.4 Å². The van der Waals surface area contributed by atoms with Crippen molar-refractivity contribution in [1.82, 2.24) is 15.0 Å². The maximum atomic E-state index is 12.1. The maximum absolute atomic E-state index is 12.1. The van der Waals surface area contributed by atoms with Gasteiger partial charge in [-0.2, -0.15) is 31.8 Å². The van der Waals surface area contributed by atoms with Gasteiger partial charge >= 0.3 is 10.4 Å². The Labute approximate surface area is 280 Å². The van der Waals surface area contributed by atoms with Gasteiger partial charge in [0.2, 0.25) is 16.4 Å². The van der Waals surface area contributed by atoms with Crippen LogP contribution >= 0.6 is 47.4 Å². The van der Waals surface area contributed by atoms with Crippen molar-refractivity contribution in [3.8, 4) is 17.1 Å². The van der Waals surface area contributed by atoms with Gasteiger partial charge in [-0.3, -0.25) is 14.0 Å². The van der Waals surface area contributed by atoms with Gasteiger partial charge in [0.15, 0.2) is 11.9 Å². The lowest BCUT2D eigenvalue weighted by atomic mass is 10.1. The number of fused-ring (bicyclic) bond motifs is 1. The van der Waals surface area contributed by atoms with E-state index in [9.17, 15) is 31.0 Å². The SMILES string of the molecule is O.O=S(=O)(O)OOC#CSc1ccc(N=Nc2c(SOOO)cc3cc(Nc4nc(Cl)nc(SO)n4)ccc3c2O)c(S(=O)(=O)O)c1. The standard InChI is InChI=1S/C21H13ClN6O13S5.H2O/c22-19-24-20(26-21(25-19)43-31)23-11-1-3-13-10(7-11)8-15(44-40-39-30)17(18(13)29)28-27-14-4-2-12(9-16(14)45(32,33)34)42-6-5-38-41-46(35,36)37;/h1-4,7-9,29-31H,(H,32,33,34)(H,35,36,37)(H,23,24,25,26);1H2. The van der Waals surface area contributed by atoms with E-state index in [1.54, 1.807) is 12.2 Å². The average Bonchev–Trinajstić information content (AvgIpc) is 2.98. The Balaban J connectivity index is 0.00000600. The number of azo groups is 1. The molecule has 0 aliphatic carbocycles. The number of nitrogens with one attached hydrogen (secondary N) is 1. The van der Waals surface area contributed by atoms with Crippen LogP contribution in [0.2, 0.25) is 5.28 Å². The maximum Gasteiger partial charge on any atom is 0.433 e. The summed E-state index contributed by atoms with van der Waals surface area (Å²) in [7, 11) is -9.80. The molecule has 47 heavy (non-hydrogen) atoms. The Morgan fingerprint density at radius 3 is 2.45 bits per heavy atom. The molecule has 0 saturated carbocycles. The summed E-state index contributed by atoms with van der Waals surface area (Å²) in [5.41, 5.74) is -0.229. The molecule has 4 aromatic rings. The van der Waals surface area contributed by atoms with Crippen LogP contribution in [0, 0.1) is 11.4 Å². The lowest BCUT2D eigenvalue weighted by Crippen LogP contribution is -2.01. The average molecular weight is 771 g/mol. The fraction of sp³-hybridized carbons (Fsp3) is 0. The summed E-state index contributed by atoms with van der Waals surface area (Å²) in [6.07, 6.45) is 1.78. The van der Waals surface area contributed by atoms with E-state index >= 15 is 0 Å². The number of aromatic hydroxyl groups is 1. The Bertz CT molecular complexity index is 2100. The van der Waals surface area contributed by atoms with E-state index in [1.165, 1.54) is 24.3 Å². The van der Waals surface area contributed by atoms with Gasteiger partial charge in [-0.25, -0.2) is 5.26 Å². The molecule has 3 aromatic carbocycles. The summed E-state index contributed by atoms with van der Waals surface area (Å²) >= 11 is 7.13. The van der Waals surface area contributed by atoms with E-state index in [-0.39, 0.29) is 60.5 Å². The summed E-state index contributed by atoms with van der Waals surface area (Å²) in [5, 5.41) is 36.6. The second-order valence-corrected chi connectivity index (χ2v) is 12.7. The summed E-state index contributed by atoms with van der Waals surface area (Å²) < 4.78 is 80.5. The van der Waals surface area contributed by atoms with E-state index in [0.29, 0.717) is 34.9 Å². The van der Waals surface area contributed by atoms with Crippen LogP contribution in [0.4, 0.5) is 23.0 Å². The number of phenolic OH excluding ortho intramolecular Hbond substituents is 1. The van der Waals surface area contributed by atoms with Gasteiger partial charge in [-0.15, -0.1) is 14.6 Å². The van der Waals surface area contributed by atoms with Crippen LogP contribution < -0.4 is 5.32 Å². The monoisotopic (exact) mass is 770 g/mol. The Morgan fingerprint density at radius 1 is 1.00 bits per heavy atom. The van der Waals surface area contributed by atoms with Crippen molar-refractivity contribution in [1.29, 1.82) is 0 Å². The topological polar surface area (TPSA) is 313 Å². The largest absolute Gasteiger partial charge is 0.505 e. The van der Waals surface area contributed by atoms with Crippen molar-refractivity contribution >= 4 is 102 Å². The quantitative estimate of drug-likeness (QED) is 0.0216. The number of hydrogen-bond donors (Lipinski definition) is 6. The van der Waals surface area contributed by atoms with Crippen molar-refractivity contribution in [3.05, 3.63) is 47.7 Å². The van der Waals surface area contributed by atoms with E-state index in [1.807, 2.05) is 0 Å². The minimum atomic E-state index is -4.91. The normalized spacial score (nSPS) is 11.6. The second-order valence-electron chi connectivity index (χ2n) is 7.85. The molecule has 1 aromatic heterocycles. The number of halogens is 1. The highest BCUT2D eigenvalue weighted by atomic mass is 35.5. The van der Waals surface area contributed by atoms with Crippen molar-refractivity contribution in [2.45, 2.75) is 19.8 Å². The van der Waals surface area contributed by atoms with Gasteiger partial charge in [-0.1, -0.05) is 5.04 Å². The molecule has 0 saturated heterocycles. The Kier molecular flexibility index (Phi) is 13.3. The molecule has 0 spiro atoms. The van der Waals surface area contributed by atoms with Crippen LogP contribution in [0.1, 0.15) is 0 Å². The van der Waals surface area contributed by atoms with Gasteiger partial charge in [-0.05, 0) is 75.5 Å². The molecular formula is C21H15ClN6O14S5. The fourth-order valence-electron chi connectivity index (χ4n) is 3.31. The van der Waals surface area contributed by atoms with Crippen molar-refractivity contribution < 1.29 is 64.9 Å². The minimum Gasteiger partial charge on any atom is -0.505 e. The molecule has 0 bridgehead atoms. The molecule has 0 aliphatic heterocycles. The third-order valence-electron chi connectivity index (χ3n) is 4.97. The molecular weight excluding hydrogens is 756 g/mol. The van der Waals surface area contributed by atoms with Gasteiger partial charge < -0.3 is 20.5 Å². The van der Waals surface area contributed by atoms with Gasteiger partial charge in [0.1, 0.15) is 16.3 Å². The fourth-order valence-corrected chi connectivity index (χ4v) is 5.62. The zero-order chi connectivity index (χ0) is 33.5. The van der Waals surface area contributed by atoms with Crippen LogP contribution in [0.25, 0.3) is 10.8 Å². The van der Waals surface area contributed by atoms with Gasteiger partial charge in [0.25, 0.3) is 10.1 Å². The summed E-state index contributed by atoms with van der Waals surface area (Å²) in [6, 6.07) is 9.42. The third kappa shape index (κ3) is 10.7. The van der Waals surface area contributed by atoms with Crippen molar-refractivity contribution in [2.75, 3.05) is 5.32 Å². The highest BCUT2D eigenvalue weighted by Gasteiger charge is 2.19. The smallest absolute Gasteiger partial charge is 0.433 e. The first kappa shape index (κ1) is 37.9. The van der Waals surface area contributed by atoms with E-state index in [2.05, 4.69) is 54.3 Å². The number of aromatic nitrogens is 3. The minimum absolute atomic E-state index is 0. The zero-order valence-corrected chi connectivity index (χ0v) is 27.0. The Hall–Kier alpha value is -3.59. The van der Waals surface area contributed by atoms with Crippen LogP contribution in [0.3, 0.4) is 0 Å². The number of phenols is 1. The molecule has 1 heterocycles. The summed E-state index contributed by atoms with van der Waals surface area (Å²) in [5.74, 6) is -0.454. The lowest BCUT2D eigenvalue weighted by Gasteiger charge is -2.11. The molecule has 0 unspecified atom stereocenters. The molecule has 250 valence electrons. The predicted molar refractivity (Wildman–Crippen MR) is 164 cm³/mol. The highest BCUT2D eigenvalue weighted by Crippen LogP contribution is 2.45. The van der Waals surface area contributed by atoms with E-state index < -0.39 is 31.2 Å². The number of rotatable bonds is 12. The molecule has 20 nitrogen and oxygen atoms in total. The van der Waals surface area contributed by atoms with Crippen molar-refractivity contribution in [3.63, 3.8) is 0 Å². The first-order valence-electron chi connectivity index (χ1n) is 11.2. The molecule has 4 rings (SSSR count). The van der Waals surface area contributed by atoms with E-state index in [0.717, 1.165) is 12.1 Å².